The molecule has 0 spiro atoms. The number of anilines is 1. The quantitative estimate of drug-likeness (QED) is 0.0528. The number of nitrogens with zero attached hydrogens (tertiary/aromatic N) is 1. The normalized spacial score (nSPS) is 29.7. The number of allylic oxidation sites excluding steroid dienone is 2. The number of ether oxygens (including phenoxy) is 4. The van der Waals surface area contributed by atoms with Crippen molar-refractivity contribution in [1.29, 1.82) is 0 Å². The summed E-state index contributed by atoms with van der Waals surface area (Å²) in [6.45, 7) is 12.4. The molecule has 322 valence electrons. The fraction of sp³-hybridized carbons (Fsp3) is 0.422. The SMILES string of the molecule is COC1/C=C\OC2(C)Oc3c(C)c(O)c4c(O)c(c(/C=N/OCc5ccccc5)c(O)c4c3C2=O)NC(=O)/C(C)=C\C=C/C(C)C(O)C(C)C(O)C(C)C(OC(C)=O)C1C. The number of benzene rings is 3. The van der Waals surface area contributed by atoms with Crippen LogP contribution < -0.4 is 10.1 Å². The number of aromatic hydroxyl groups is 3. The molecule has 3 aromatic carbocycles. The Hall–Kier alpha value is -5.90. The molecule has 3 aliphatic heterocycles. The molecule has 5 bridgehead atoms. The number of ketones is 1. The molecule has 0 radical (unpaired) electrons. The van der Waals surface area contributed by atoms with E-state index in [2.05, 4.69) is 10.5 Å². The number of amides is 1. The maximum absolute atomic E-state index is 14.4. The van der Waals surface area contributed by atoms with Crippen molar-refractivity contribution in [2.45, 2.75) is 92.2 Å². The Balaban J connectivity index is 1.69. The van der Waals surface area contributed by atoms with E-state index in [9.17, 15) is 39.9 Å². The van der Waals surface area contributed by atoms with Crippen LogP contribution in [0.15, 0.2) is 71.6 Å². The lowest BCUT2D eigenvalue weighted by Crippen LogP contribution is -2.46. The lowest BCUT2D eigenvalue weighted by molar-refractivity contribution is -0.160. The number of aliphatic hydroxyl groups excluding tert-OH is 2. The van der Waals surface area contributed by atoms with Crippen molar-refractivity contribution in [3.8, 4) is 23.0 Å². The minimum Gasteiger partial charge on any atom is -0.507 e. The van der Waals surface area contributed by atoms with Gasteiger partial charge in [-0.15, -0.1) is 0 Å². The first-order valence-electron chi connectivity index (χ1n) is 19.6. The maximum atomic E-state index is 14.4. The summed E-state index contributed by atoms with van der Waals surface area (Å²) in [6.07, 6.45) is 4.47. The molecule has 0 saturated heterocycles. The topological polar surface area (TPSA) is 223 Å². The zero-order chi connectivity index (χ0) is 44.2. The molecule has 0 aromatic heterocycles. The van der Waals surface area contributed by atoms with E-state index >= 15 is 0 Å². The molecular weight excluding hydrogens is 776 g/mol. The van der Waals surface area contributed by atoms with Crippen LogP contribution >= 0.6 is 0 Å². The maximum Gasteiger partial charge on any atom is 0.312 e. The van der Waals surface area contributed by atoms with E-state index in [0.29, 0.717) is 0 Å². The molecule has 3 heterocycles. The monoisotopic (exact) mass is 830 g/mol. The molecule has 0 saturated carbocycles. The number of carbonyl (C=O) groups is 3. The fourth-order valence-corrected chi connectivity index (χ4v) is 7.65. The number of phenols is 3. The highest BCUT2D eigenvalue weighted by molar-refractivity contribution is 6.23. The van der Waals surface area contributed by atoms with Gasteiger partial charge in [-0.05, 0) is 25.5 Å². The smallest absolute Gasteiger partial charge is 0.312 e. The first kappa shape index (κ1) is 45.2. The molecule has 3 aliphatic rings. The number of fused-ring (bicyclic) bond motifs is 14. The second-order valence-corrected chi connectivity index (χ2v) is 15.6. The van der Waals surface area contributed by atoms with Crippen molar-refractivity contribution in [1.82, 2.24) is 0 Å². The summed E-state index contributed by atoms with van der Waals surface area (Å²) < 4.78 is 23.5. The molecule has 1 amide bonds. The van der Waals surface area contributed by atoms with E-state index in [0.717, 1.165) is 11.8 Å². The molecule has 0 fully saturated rings. The number of Topliss-reactive ketones (excluding diaryl/α,β-unsaturated/α-hetero) is 1. The van der Waals surface area contributed by atoms with E-state index in [-0.39, 0.29) is 51.1 Å². The van der Waals surface area contributed by atoms with Gasteiger partial charge in [0.25, 0.3) is 11.7 Å². The second-order valence-electron chi connectivity index (χ2n) is 15.6. The molecule has 6 rings (SSSR count). The van der Waals surface area contributed by atoms with Gasteiger partial charge >= 0.3 is 11.8 Å². The van der Waals surface area contributed by atoms with Crippen molar-refractivity contribution in [3.63, 3.8) is 0 Å². The third-order valence-corrected chi connectivity index (χ3v) is 11.4. The van der Waals surface area contributed by atoms with E-state index in [1.165, 1.54) is 53.2 Å². The Labute approximate surface area is 348 Å². The number of phenolic OH excluding ortho intramolecular Hbond substituents is 3. The first-order chi connectivity index (χ1) is 28.3. The van der Waals surface area contributed by atoms with Gasteiger partial charge in [0.05, 0.1) is 53.0 Å². The molecule has 3 aromatic rings. The summed E-state index contributed by atoms with van der Waals surface area (Å²) >= 11 is 0. The summed E-state index contributed by atoms with van der Waals surface area (Å²) in [6, 6.07) is 9.10. The summed E-state index contributed by atoms with van der Waals surface area (Å²) in [4.78, 5) is 45.9. The van der Waals surface area contributed by atoms with Crippen LogP contribution in [0.2, 0.25) is 0 Å². The molecule has 60 heavy (non-hydrogen) atoms. The number of oxime groups is 1. The van der Waals surface area contributed by atoms with Crippen molar-refractivity contribution in [2.24, 2.45) is 28.8 Å². The van der Waals surface area contributed by atoms with E-state index in [1.807, 2.05) is 30.3 Å². The van der Waals surface area contributed by atoms with E-state index in [4.69, 9.17) is 23.8 Å². The van der Waals surface area contributed by atoms with Gasteiger partial charge < -0.3 is 54.6 Å². The van der Waals surface area contributed by atoms with Crippen LogP contribution in [0.5, 0.6) is 23.0 Å². The Bertz CT molecular complexity index is 2230. The molecule has 15 nitrogen and oxygen atoms in total. The van der Waals surface area contributed by atoms with Crippen LogP contribution in [0, 0.1) is 30.6 Å². The average molecular weight is 831 g/mol. The minimum atomic E-state index is -2.07. The molecule has 6 N–H and O–H groups in total. The summed E-state index contributed by atoms with van der Waals surface area (Å²) in [5.41, 5.74) is 0.113. The van der Waals surface area contributed by atoms with Crippen molar-refractivity contribution < 1.29 is 63.7 Å². The van der Waals surface area contributed by atoms with Gasteiger partial charge in [-0.1, -0.05) is 81.4 Å². The summed E-state index contributed by atoms with van der Waals surface area (Å²) in [7, 11) is 1.43. The number of carbonyl (C=O) groups excluding carboxylic acids is 3. The second kappa shape index (κ2) is 18.6. The highest BCUT2D eigenvalue weighted by atomic mass is 16.7. The number of aliphatic hydroxyl groups is 2. The lowest BCUT2D eigenvalue weighted by atomic mass is 9.78. The van der Waals surface area contributed by atoms with Gasteiger partial charge in [-0.2, -0.15) is 0 Å². The summed E-state index contributed by atoms with van der Waals surface area (Å²) in [5, 5.41) is 64.2. The highest BCUT2D eigenvalue weighted by Gasteiger charge is 2.50. The van der Waals surface area contributed by atoms with Crippen molar-refractivity contribution in [2.75, 3.05) is 12.4 Å². The Morgan fingerprint density at radius 3 is 2.27 bits per heavy atom. The zero-order valence-electron chi connectivity index (χ0n) is 35.1. The van der Waals surface area contributed by atoms with Crippen LogP contribution in [-0.4, -0.2) is 86.7 Å². The molecule has 9 unspecified atom stereocenters. The number of rotatable bonds is 6. The molecule has 9 atom stereocenters. The number of esters is 1. The number of hydrogen-bond donors (Lipinski definition) is 6. The highest BCUT2D eigenvalue weighted by Crippen LogP contribution is 2.55. The Kier molecular flexibility index (Phi) is 14.0. The molecule has 15 heteroatoms. The summed E-state index contributed by atoms with van der Waals surface area (Å²) in [5.74, 6) is -8.73. The molecule has 0 aliphatic carbocycles. The zero-order valence-corrected chi connectivity index (χ0v) is 35.1. The van der Waals surface area contributed by atoms with Crippen LogP contribution in [0.25, 0.3) is 10.8 Å². The largest absolute Gasteiger partial charge is 0.507 e. The van der Waals surface area contributed by atoms with Crippen LogP contribution in [0.3, 0.4) is 0 Å². The lowest BCUT2D eigenvalue weighted by Gasteiger charge is -2.38. The fourth-order valence-electron chi connectivity index (χ4n) is 7.65. The number of hydrogen-bond acceptors (Lipinski definition) is 14. The van der Waals surface area contributed by atoms with Crippen LogP contribution in [0.4, 0.5) is 5.69 Å². The first-order valence-corrected chi connectivity index (χ1v) is 19.6. The molecular formula is C45H54N2O13. The van der Waals surface area contributed by atoms with Crippen LogP contribution in [-0.2, 0) is 35.2 Å². The van der Waals surface area contributed by atoms with Gasteiger partial charge in [0, 0.05) is 61.2 Å². The van der Waals surface area contributed by atoms with Crippen LogP contribution in [0.1, 0.15) is 75.5 Å². The third kappa shape index (κ3) is 8.98. The van der Waals surface area contributed by atoms with Gasteiger partial charge in [-0.3, -0.25) is 14.4 Å². The van der Waals surface area contributed by atoms with Gasteiger partial charge in [-0.25, -0.2) is 0 Å². The average Bonchev–Trinajstić information content (AvgIpc) is 3.48. The minimum absolute atomic E-state index is 0.0270. The van der Waals surface area contributed by atoms with Crippen molar-refractivity contribution >= 4 is 40.3 Å². The Morgan fingerprint density at radius 2 is 1.62 bits per heavy atom. The van der Waals surface area contributed by atoms with E-state index < -0.39 is 88.8 Å². The Morgan fingerprint density at radius 1 is 0.933 bits per heavy atom. The number of methoxy groups -OCH3 is 1. The van der Waals surface area contributed by atoms with Gasteiger partial charge in [0.15, 0.2) is 5.75 Å². The number of nitrogens with one attached hydrogen (secondary N) is 1. The van der Waals surface area contributed by atoms with Gasteiger partial charge in [0.1, 0.15) is 30.0 Å². The third-order valence-electron chi connectivity index (χ3n) is 11.4. The van der Waals surface area contributed by atoms with Crippen molar-refractivity contribution in [3.05, 3.63) is 88.7 Å². The standard InChI is InChI=1S/C45H54N2O13/c1-22-14-13-15-23(2)44(55)47-35-30(20-46-58-21-29-16-11-10-12-17-29)39(52)32-33(40(35)53)38(51)27(6)42-34(32)43(54)45(8,60-42)57-19-18-31(56-9)24(3)41(59-28(7)48)26(5)37(50)25(4)36(22)49/h10-20,22,24-26,31,36-37,41,49-53H,21H2,1-9H3,(H,47,55)/b14-13-,19-18-,23-15-,46-20+. The van der Waals surface area contributed by atoms with E-state index in [1.54, 1.807) is 39.8 Å². The van der Waals surface area contributed by atoms with Gasteiger partial charge in [0.2, 0.25) is 0 Å². The predicted octanol–water partition coefficient (Wildman–Crippen LogP) is 6.30. The predicted molar refractivity (Wildman–Crippen MR) is 223 cm³/mol.